The quantitative estimate of drug-likeness (QED) is 0.509. The van der Waals surface area contributed by atoms with Crippen molar-refractivity contribution < 1.29 is 8.78 Å². The van der Waals surface area contributed by atoms with Crippen LogP contribution in [0.3, 0.4) is 0 Å². The van der Waals surface area contributed by atoms with Crippen molar-refractivity contribution >= 4 is 27.9 Å². The minimum absolute atomic E-state index is 0.188. The number of nitrogen functional groups attached to an aromatic ring is 1. The molecule has 0 amide bonds. The maximum Gasteiger partial charge on any atom is 0.219 e. The second-order valence-corrected chi connectivity index (χ2v) is 6.13. The molecule has 0 saturated heterocycles. The third-order valence-electron chi connectivity index (χ3n) is 4.44. The van der Waals surface area contributed by atoms with Crippen LogP contribution in [0.15, 0.2) is 55.4 Å². The molecule has 3 heterocycles. The topological polar surface area (TPSA) is 95.4 Å². The van der Waals surface area contributed by atoms with Crippen molar-refractivity contribution in [2.75, 3.05) is 5.73 Å². The second-order valence-electron chi connectivity index (χ2n) is 6.13. The van der Waals surface area contributed by atoms with Crippen LogP contribution in [0.1, 0.15) is 0 Å². The van der Waals surface area contributed by atoms with Gasteiger partial charge in [-0.3, -0.25) is 4.57 Å². The van der Waals surface area contributed by atoms with Crippen molar-refractivity contribution in [3.05, 3.63) is 67.0 Å². The third-order valence-corrected chi connectivity index (χ3v) is 4.44. The van der Waals surface area contributed by atoms with Gasteiger partial charge in [0, 0.05) is 35.5 Å². The highest BCUT2D eigenvalue weighted by Gasteiger charge is 2.14. The molecule has 5 rings (SSSR count). The first-order valence-corrected chi connectivity index (χ1v) is 8.25. The summed E-state index contributed by atoms with van der Waals surface area (Å²) in [5, 5.41) is 0.709. The number of benzene rings is 2. The number of aromatic nitrogens is 6. The van der Waals surface area contributed by atoms with Gasteiger partial charge in [0.15, 0.2) is 11.6 Å². The standard InChI is InChI=1S/C19H11F2N7/c20-13-4-16-17(5-14(13)21)28(9-27-16)18-12-3-10(1-2-15(12)25-8-26-18)11-6-23-19(22)24-7-11/h1-9H,(H2,22,23,24). The lowest BCUT2D eigenvalue weighted by Crippen LogP contribution is -1.99. The van der Waals surface area contributed by atoms with Gasteiger partial charge in [-0.1, -0.05) is 6.07 Å². The number of hydrogen-bond acceptors (Lipinski definition) is 6. The van der Waals surface area contributed by atoms with E-state index in [1.54, 1.807) is 17.0 Å². The monoisotopic (exact) mass is 375 g/mol. The van der Waals surface area contributed by atoms with Gasteiger partial charge < -0.3 is 5.73 Å². The minimum atomic E-state index is -0.952. The van der Waals surface area contributed by atoms with E-state index in [0.717, 1.165) is 23.3 Å². The van der Waals surface area contributed by atoms with Gasteiger partial charge in [-0.15, -0.1) is 0 Å². The van der Waals surface area contributed by atoms with Crippen molar-refractivity contribution in [3.63, 3.8) is 0 Å². The predicted octanol–water partition coefficient (Wildman–Crippen LogP) is 3.29. The maximum absolute atomic E-state index is 13.8. The normalized spacial score (nSPS) is 11.4. The van der Waals surface area contributed by atoms with Crippen LogP contribution in [0.5, 0.6) is 0 Å². The SMILES string of the molecule is Nc1ncc(-c2ccc3ncnc(-n4cnc5cc(F)c(F)cc54)c3c2)cn1. The average Bonchev–Trinajstić information content (AvgIpc) is 3.10. The summed E-state index contributed by atoms with van der Waals surface area (Å²) in [5.41, 5.74) is 8.58. The summed E-state index contributed by atoms with van der Waals surface area (Å²) in [6.45, 7) is 0. The highest BCUT2D eigenvalue weighted by Crippen LogP contribution is 2.28. The molecular formula is C19H11F2N7. The Bertz CT molecular complexity index is 1350. The van der Waals surface area contributed by atoms with Gasteiger partial charge in [-0.25, -0.2) is 33.7 Å². The van der Waals surface area contributed by atoms with Crippen molar-refractivity contribution in [1.82, 2.24) is 29.5 Å². The summed E-state index contributed by atoms with van der Waals surface area (Å²) < 4.78 is 28.9. The van der Waals surface area contributed by atoms with Crippen LogP contribution in [0.4, 0.5) is 14.7 Å². The van der Waals surface area contributed by atoms with Crippen LogP contribution in [-0.2, 0) is 0 Å². The maximum atomic E-state index is 13.8. The fourth-order valence-corrected chi connectivity index (χ4v) is 3.07. The van der Waals surface area contributed by atoms with E-state index in [0.29, 0.717) is 27.8 Å². The molecule has 0 fully saturated rings. The van der Waals surface area contributed by atoms with Crippen LogP contribution >= 0.6 is 0 Å². The first-order valence-electron chi connectivity index (χ1n) is 8.25. The molecule has 0 radical (unpaired) electrons. The van der Waals surface area contributed by atoms with E-state index in [1.807, 2.05) is 18.2 Å². The Morgan fingerprint density at radius 3 is 2.39 bits per heavy atom. The Labute approximate surface area is 156 Å². The fourth-order valence-electron chi connectivity index (χ4n) is 3.07. The van der Waals surface area contributed by atoms with Crippen LogP contribution in [0.25, 0.3) is 38.9 Å². The molecule has 136 valence electrons. The van der Waals surface area contributed by atoms with Crippen LogP contribution < -0.4 is 5.73 Å². The Morgan fingerprint density at radius 1 is 0.786 bits per heavy atom. The molecule has 0 aliphatic carbocycles. The summed E-state index contributed by atoms with van der Waals surface area (Å²) >= 11 is 0. The van der Waals surface area contributed by atoms with Crippen molar-refractivity contribution in [2.24, 2.45) is 0 Å². The summed E-state index contributed by atoms with van der Waals surface area (Å²) in [4.78, 5) is 20.8. The zero-order valence-corrected chi connectivity index (χ0v) is 14.2. The molecule has 7 nitrogen and oxygen atoms in total. The lowest BCUT2D eigenvalue weighted by molar-refractivity contribution is 0.510. The zero-order chi connectivity index (χ0) is 19.3. The molecule has 0 aliphatic heterocycles. The molecule has 0 atom stereocenters. The lowest BCUT2D eigenvalue weighted by Gasteiger charge is -2.09. The number of halogens is 2. The number of anilines is 1. The van der Waals surface area contributed by atoms with Crippen LogP contribution in [-0.4, -0.2) is 29.5 Å². The van der Waals surface area contributed by atoms with E-state index < -0.39 is 11.6 Å². The van der Waals surface area contributed by atoms with E-state index >= 15 is 0 Å². The molecular weight excluding hydrogens is 364 g/mol. The van der Waals surface area contributed by atoms with Gasteiger partial charge in [0.1, 0.15) is 18.5 Å². The number of imidazole rings is 1. The number of hydrogen-bond donors (Lipinski definition) is 1. The summed E-state index contributed by atoms with van der Waals surface area (Å²) in [7, 11) is 0. The Hall–Kier alpha value is -4.01. The Kier molecular flexibility index (Phi) is 3.48. The molecule has 0 spiro atoms. The highest BCUT2D eigenvalue weighted by molar-refractivity contribution is 5.91. The molecule has 0 unspecified atom stereocenters. The zero-order valence-electron chi connectivity index (χ0n) is 14.2. The van der Waals surface area contributed by atoms with E-state index in [2.05, 4.69) is 24.9 Å². The van der Waals surface area contributed by atoms with Crippen molar-refractivity contribution in [3.8, 4) is 16.9 Å². The summed E-state index contributed by atoms with van der Waals surface area (Å²) in [5.74, 6) is -1.22. The molecule has 9 heteroatoms. The van der Waals surface area contributed by atoms with E-state index in [-0.39, 0.29) is 5.95 Å². The minimum Gasteiger partial charge on any atom is -0.368 e. The molecule has 2 aromatic carbocycles. The molecule has 0 aliphatic rings. The summed E-state index contributed by atoms with van der Waals surface area (Å²) in [6, 6.07) is 7.76. The smallest absolute Gasteiger partial charge is 0.219 e. The molecule has 2 N–H and O–H groups in total. The number of rotatable bonds is 2. The van der Waals surface area contributed by atoms with Crippen molar-refractivity contribution in [2.45, 2.75) is 0 Å². The number of fused-ring (bicyclic) bond motifs is 2. The predicted molar refractivity (Wildman–Crippen MR) is 99.5 cm³/mol. The molecule has 28 heavy (non-hydrogen) atoms. The Balaban J connectivity index is 1.75. The first kappa shape index (κ1) is 16.2. The van der Waals surface area contributed by atoms with E-state index in [1.165, 1.54) is 12.7 Å². The summed E-state index contributed by atoms with van der Waals surface area (Å²) in [6.07, 6.45) is 6.13. The second kappa shape index (κ2) is 6.02. The van der Waals surface area contributed by atoms with Gasteiger partial charge in [0.05, 0.1) is 16.6 Å². The third kappa shape index (κ3) is 2.52. The Morgan fingerprint density at radius 2 is 1.57 bits per heavy atom. The lowest BCUT2D eigenvalue weighted by atomic mass is 10.1. The average molecular weight is 375 g/mol. The molecule has 0 bridgehead atoms. The van der Waals surface area contributed by atoms with Gasteiger partial charge in [0.25, 0.3) is 0 Å². The molecule has 0 saturated carbocycles. The van der Waals surface area contributed by atoms with Crippen molar-refractivity contribution in [1.29, 1.82) is 0 Å². The van der Waals surface area contributed by atoms with Gasteiger partial charge in [-0.05, 0) is 17.7 Å². The molecule has 3 aromatic heterocycles. The highest BCUT2D eigenvalue weighted by atomic mass is 19.2. The first-order chi connectivity index (χ1) is 13.6. The number of nitrogens with two attached hydrogens (primary N) is 1. The van der Waals surface area contributed by atoms with Crippen LogP contribution in [0, 0.1) is 11.6 Å². The number of nitrogens with zero attached hydrogens (tertiary/aromatic N) is 6. The largest absolute Gasteiger partial charge is 0.368 e. The molecule has 5 aromatic rings. The van der Waals surface area contributed by atoms with Crippen LogP contribution in [0.2, 0.25) is 0 Å². The van der Waals surface area contributed by atoms with E-state index in [9.17, 15) is 8.78 Å². The fraction of sp³-hybridized carbons (Fsp3) is 0. The van der Waals surface area contributed by atoms with E-state index in [4.69, 9.17) is 5.73 Å². The van der Waals surface area contributed by atoms with Gasteiger partial charge in [0.2, 0.25) is 5.95 Å². The van der Waals surface area contributed by atoms with Gasteiger partial charge in [-0.2, -0.15) is 0 Å². The van der Waals surface area contributed by atoms with Gasteiger partial charge >= 0.3 is 0 Å².